The number of fused-ring (bicyclic) bond motifs is 1. The average Bonchev–Trinajstić information content (AvgIpc) is 2.69. The minimum Gasteiger partial charge on any atom is -0.497 e. The first-order valence-corrected chi connectivity index (χ1v) is 9.47. The fraction of sp³-hybridized carbons (Fsp3) is 0.391. The Morgan fingerprint density at radius 3 is 2.85 bits per heavy atom. The highest BCUT2D eigenvalue weighted by atomic mass is 16.5. The molecule has 4 heteroatoms. The standard InChI is InChI=1S/C23H26N2O2/c1-5-7-8-19-14-18-15-20(27-4)9-10-21(18)23(25(19)22(26)6-2)17-11-12-24-16(3)13-17/h2,9-13,15,19,23H,5,7-8,14H2,1,3-4H3/t19-,23-/m0/s1. The second-order valence-corrected chi connectivity index (χ2v) is 7.05. The van der Waals surface area contributed by atoms with Gasteiger partial charge in [-0.15, -0.1) is 6.42 Å². The third-order valence-electron chi connectivity index (χ3n) is 5.26. The highest BCUT2D eigenvalue weighted by Gasteiger charge is 2.37. The van der Waals surface area contributed by atoms with Crippen LogP contribution in [-0.2, 0) is 11.2 Å². The zero-order valence-electron chi connectivity index (χ0n) is 16.2. The van der Waals surface area contributed by atoms with Gasteiger partial charge in [0.05, 0.1) is 13.2 Å². The summed E-state index contributed by atoms with van der Waals surface area (Å²) in [4.78, 5) is 19.0. The van der Waals surface area contributed by atoms with Crippen molar-refractivity contribution < 1.29 is 9.53 Å². The first kappa shape index (κ1) is 19.0. The van der Waals surface area contributed by atoms with Gasteiger partial charge < -0.3 is 9.64 Å². The number of hydrogen-bond donors (Lipinski definition) is 0. The lowest BCUT2D eigenvalue weighted by Crippen LogP contribution is -2.47. The van der Waals surface area contributed by atoms with E-state index in [0.29, 0.717) is 0 Å². The average molecular weight is 362 g/mol. The summed E-state index contributed by atoms with van der Waals surface area (Å²) in [5.74, 6) is 2.94. The van der Waals surface area contributed by atoms with Gasteiger partial charge >= 0.3 is 0 Å². The number of pyridine rings is 1. The van der Waals surface area contributed by atoms with Crippen LogP contribution in [0.2, 0.25) is 0 Å². The van der Waals surface area contributed by atoms with E-state index in [-0.39, 0.29) is 18.0 Å². The Kier molecular flexibility index (Phi) is 5.81. The Labute approximate surface area is 161 Å². The van der Waals surface area contributed by atoms with E-state index in [4.69, 9.17) is 11.2 Å². The third kappa shape index (κ3) is 3.83. The SMILES string of the molecule is C#CC(=O)N1[C@@H](CCCC)Cc2cc(OC)ccc2[C@@H]1c1ccnc(C)c1. The highest BCUT2D eigenvalue weighted by molar-refractivity contribution is 5.94. The lowest BCUT2D eigenvalue weighted by atomic mass is 9.83. The minimum atomic E-state index is -0.253. The zero-order chi connectivity index (χ0) is 19.4. The number of aryl methyl sites for hydroxylation is 1. The number of carbonyl (C=O) groups is 1. The number of hydrogen-bond acceptors (Lipinski definition) is 3. The molecule has 0 unspecified atom stereocenters. The molecule has 0 fully saturated rings. The summed E-state index contributed by atoms with van der Waals surface area (Å²) in [6.07, 6.45) is 11.2. The van der Waals surface area contributed by atoms with Crippen molar-refractivity contribution in [3.8, 4) is 18.1 Å². The molecule has 0 saturated carbocycles. The number of methoxy groups -OCH3 is 1. The summed E-state index contributed by atoms with van der Waals surface area (Å²) < 4.78 is 5.43. The van der Waals surface area contributed by atoms with E-state index in [9.17, 15) is 4.79 Å². The first-order valence-electron chi connectivity index (χ1n) is 9.47. The number of unbranched alkanes of at least 4 members (excludes halogenated alkanes) is 1. The molecule has 1 aliphatic heterocycles. The van der Waals surface area contributed by atoms with Crippen molar-refractivity contribution in [1.82, 2.24) is 9.88 Å². The molecule has 0 aliphatic carbocycles. The lowest BCUT2D eigenvalue weighted by Gasteiger charge is -2.43. The Balaban J connectivity index is 2.17. The number of terminal acetylenes is 1. The van der Waals surface area contributed by atoms with E-state index in [1.807, 2.05) is 30.0 Å². The normalized spacial score (nSPS) is 18.5. The molecular weight excluding hydrogens is 336 g/mol. The molecule has 0 spiro atoms. The molecule has 1 aromatic heterocycles. The maximum atomic E-state index is 12.8. The molecule has 140 valence electrons. The predicted octanol–water partition coefficient (Wildman–Crippen LogP) is 4.06. The summed E-state index contributed by atoms with van der Waals surface area (Å²) in [7, 11) is 1.68. The van der Waals surface area contributed by atoms with Gasteiger partial charge in [0, 0.05) is 17.9 Å². The van der Waals surface area contributed by atoms with Crippen molar-refractivity contribution in [2.75, 3.05) is 7.11 Å². The summed E-state index contributed by atoms with van der Waals surface area (Å²) in [5.41, 5.74) is 4.29. The van der Waals surface area contributed by atoms with Gasteiger partial charge in [-0.05, 0) is 66.6 Å². The second-order valence-electron chi connectivity index (χ2n) is 7.05. The van der Waals surface area contributed by atoms with Gasteiger partial charge in [0.15, 0.2) is 0 Å². The molecule has 0 bridgehead atoms. The molecule has 2 atom stereocenters. The Bertz CT molecular complexity index is 869. The van der Waals surface area contributed by atoms with E-state index in [2.05, 4.69) is 30.0 Å². The highest BCUT2D eigenvalue weighted by Crippen LogP contribution is 2.40. The molecule has 0 radical (unpaired) electrons. The molecule has 4 nitrogen and oxygen atoms in total. The van der Waals surface area contributed by atoms with Crippen molar-refractivity contribution >= 4 is 5.91 Å². The molecule has 1 aromatic carbocycles. The number of benzene rings is 1. The smallest absolute Gasteiger partial charge is 0.299 e. The summed E-state index contributed by atoms with van der Waals surface area (Å²) in [6, 6.07) is 9.99. The maximum absolute atomic E-state index is 12.8. The maximum Gasteiger partial charge on any atom is 0.299 e. The van der Waals surface area contributed by atoms with Crippen LogP contribution in [0.25, 0.3) is 0 Å². The molecular formula is C23H26N2O2. The van der Waals surface area contributed by atoms with Crippen LogP contribution < -0.4 is 4.74 Å². The largest absolute Gasteiger partial charge is 0.497 e. The monoisotopic (exact) mass is 362 g/mol. The molecule has 0 N–H and O–H groups in total. The van der Waals surface area contributed by atoms with Crippen LogP contribution in [0.1, 0.15) is 54.6 Å². The van der Waals surface area contributed by atoms with E-state index < -0.39 is 0 Å². The third-order valence-corrected chi connectivity index (χ3v) is 5.26. The summed E-state index contributed by atoms with van der Waals surface area (Å²) in [6.45, 7) is 4.13. The lowest BCUT2D eigenvalue weighted by molar-refractivity contribution is -0.130. The van der Waals surface area contributed by atoms with Gasteiger partial charge in [0.2, 0.25) is 0 Å². The number of nitrogens with zero attached hydrogens (tertiary/aromatic N) is 2. The topological polar surface area (TPSA) is 42.4 Å². The predicted molar refractivity (Wildman–Crippen MR) is 107 cm³/mol. The molecule has 2 heterocycles. The number of carbonyl (C=O) groups excluding carboxylic acids is 1. The summed E-state index contributed by atoms with van der Waals surface area (Å²) >= 11 is 0. The van der Waals surface area contributed by atoms with Gasteiger partial charge in [-0.1, -0.05) is 25.8 Å². The van der Waals surface area contributed by atoms with Crippen LogP contribution in [0.3, 0.4) is 0 Å². The molecule has 27 heavy (non-hydrogen) atoms. The van der Waals surface area contributed by atoms with E-state index in [1.54, 1.807) is 13.3 Å². The van der Waals surface area contributed by atoms with Crippen LogP contribution in [0.15, 0.2) is 36.5 Å². The zero-order valence-corrected chi connectivity index (χ0v) is 16.2. The van der Waals surface area contributed by atoms with Gasteiger partial charge in [-0.25, -0.2) is 0 Å². The number of aromatic nitrogens is 1. The van der Waals surface area contributed by atoms with Crippen molar-refractivity contribution in [1.29, 1.82) is 0 Å². The van der Waals surface area contributed by atoms with Crippen LogP contribution >= 0.6 is 0 Å². The first-order chi connectivity index (χ1) is 13.1. The van der Waals surface area contributed by atoms with Gasteiger partial charge in [-0.2, -0.15) is 0 Å². The van der Waals surface area contributed by atoms with Crippen LogP contribution in [0, 0.1) is 19.3 Å². The van der Waals surface area contributed by atoms with Crippen molar-refractivity contribution in [3.05, 3.63) is 58.9 Å². The van der Waals surface area contributed by atoms with Gasteiger partial charge in [0.1, 0.15) is 5.75 Å². The number of amides is 1. The van der Waals surface area contributed by atoms with Crippen molar-refractivity contribution in [3.63, 3.8) is 0 Å². The molecule has 2 aromatic rings. The Hall–Kier alpha value is -2.80. The van der Waals surface area contributed by atoms with Crippen LogP contribution in [-0.4, -0.2) is 28.9 Å². The van der Waals surface area contributed by atoms with E-state index in [0.717, 1.165) is 48.3 Å². The number of ether oxygens (including phenoxy) is 1. The van der Waals surface area contributed by atoms with Crippen molar-refractivity contribution in [2.45, 2.75) is 51.6 Å². The van der Waals surface area contributed by atoms with Crippen molar-refractivity contribution in [2.24, 2.45) is 0 Å². The van der Waals surface area contributed by atoms with Crippen LogP contribution in [0.4, 0.5) is 0 Å². The van der Waals surface area contributed by atoms with Gasteiger partial charge in [-0.3, -0.25) is 9.78 Å². The Morgan fingerprint density at radius 2 is 2.19 bits per heavy atom. The summed E-state index contributed by atoms with van der Waals surface area (Å²) in [5, 5.41) is 0. The van der Waals surface area contributed by atoms with E-state index in [1.165, 1.54) is 5.56 Å². The molecule has 1 amide bonds. The van der Waals surface area contributed by atoms with Crippen LogP contribution in [0.5, 0.6) is 5.75 Å². The number of rotatable bonds is 5. The quantitative estimate of drug-likeness (QED) is 0.753. The van der Waals surface area contributed by atoms with Gasteiger partial charge in [0.25, 0.3) is 5.91 Å². The molecule has 1 aliphatic rings. The fourth-order valence-corrected chi connectivity index (χ4v) is 3.98. The fourth-order valence-electron chi connectivity index (χ4n) is 3.98. The Morgan fingerprint density at radius 1 is 1.37 bits per heavy atom. The minimum absolute atomic E-state index is 0.0755. The molecule has 3 rings (SSSR count). The molecule has 0 saturated heterocycles. The second kappa shape index (κ2) is 8.26. The van der Waals surface area contributed by atoms with E-state index >= 15 is 0 Å².